The van der Waals surface area contributed by atoms with Gasteiger partial charge < -0.3 is 4.74 Å². The van der Waals surface area contributed by atoms with Gasteiger partial charge >= 0.3 is 0 Å². The average Bonchev–Trinajstić information content (AvgIpc) is 2.74. The Morgan fingerprint density at radius 1 is 1.00 bits per heavy atom. The van der Waals surface area contributed by atoms with Gasteiger partial charge in [0.25, 0.3) is 5.91 Å². The number of hydrazone groups is 1. The van der Waals surface area contributed by atoms with Crippen LogP contribution in [-0.4, -0.2) is 18.7 Å². The van der Waals surface area contributed by atoms with Crippen molar-refractivity contribution in [3.8, 4) is 5.75 Å². The first kappa shape index (κ1) is 19.2. The molecule has 0 saturated carbocycles. The molecule has 5 heteroatoms. The number of nitrogens with zero attached hydrogens (tertiary/aromatic N) is 1. The van der Waals surface area contributed by atoms with Crippen molar-refractivity contribution in [2.24, 2.45) is 5.10 Å². The maximum atomic E-state index is 12.1. The molecule has 4 aromatic carbocycles. The summed E-state index contributed by atoms with van der Waals surface area (Å²) in [6.07, 6.45) is 1.70. The fourth-order valence-corrected chi connectivity index (χ4v) is 3.49. The van der Waals surface area contributed by atoms with Crippen molar-refractivity contribution < 1.29 is 9.53 Å². The van der Waals surface area contributed by atoms with Gasteiger partial charge in [0.15, 0.2) is 6.61 Å². The van der Waals surface area contributed by atoms with Gasteiger partial charge in [-0.3, -0.25) is 4.79 Å². The molecule has 29 heavy (non-hydrogen) atoms. The quantitative estimate of drug-likeness (QED) is 0.246. The number of rotatable bonds is 5. The van der Waals surface area contributed by atoms with Gasteiger partial charge in [0.2, 0.25) is 0 Å². The van der Waals surface area contributed by atoms with Crippen LogP contribution in [0.2, 0.25) is 0 Å². The van der Waals surface area contributed by atoms with Crippen LogP contribution in [0.5, 0.6) is 5.75 Å². The molecule has 1 N–H and O–H groups in total. The second kappa shape index (κ2) is 8.45. The molecule has 0 saturated heterocycles. The lowest BCUT2D eigenvalue weighted by atomic mass is 9.97. The van der Waals surface area contributed by atoms with Gasteiger partial charge in [-0.1, -0.05) is 64.5 Å². The Morgan fingerprint density at radius 2 is 1.66 bits per heavy atom. The molecule has 4 nitrogen and oxygen atoms in total. The van der Waals surface area contributed by atoms with Crippen LogP contribution >= 0.6 is 15.9 Å². The summed E-state index contributed by atoms with van der Waals surface area (Å²) in [4.78, 5) is 12.1. The first-order valence-corrected chi connectivity index (χ1v) is 10.0. The summed E-state index contributed by atoms with van der Waals surface area (Å²) in [6.45, 7) is 1.87. The van der Waals surface area contributed by atoms with E-state index in [4.69, 9.17) is 4.74 Å². The van der Waals surface area contributed by atoms with Crippen molar-refractivity contribution in [3.05, 3.63) is 88.4 Å². The topological polar surface area (TPSA) is 50.7 Å². The number of halogens is 1. The molecule has 0 aliphatic rings. The monoisotopic (exact) mass is 446 g/mol. The normalized spacial score (nSPS) is 11.2. The SMILES string of the molecule is Cc1cc(OCC(=O)N/N=C/c2c3ccccc3cc3ccccc23)ccc1Br. The third kappa shape index (κ3) is 4.30. The molecule has 0 heterocycles. The van der Waals surface area contributed by atoms with E-state index >= 15 is 0 Å². The average molecular weight is 447 g/mol. The lowest BCUT2D eigenvalue weighted by Gasteiger charge is -2.08. The van der Waals surface area contributed by atoms with Gasteiger partial charge in [-0.2, -0.15) is 5.10 Å². The smallest absolute Gasteiger partial charge is 0.277 e. The van der Waals surface area contributed by atoms with Crippen LogP contribution in [0.25, 0.3) is 21.5 Å². The highest BCUT2D eigenvalue weighted by Crippen LogP contribution is 2.27. The molecule has 0 unspecified atom stereocenters. The lowest BCUT2D eigenvalue weighted by Crippen LogP contribution is -2.24. The van der Waals surface area contributed by atoms with Crippen molar-refractivity contribution in [2.45, 2.75) is 6.92 Å². The minimum atomic E-state index is -0.314. The van der Waals surface area contributed by atoms with E-state index in [0.717, 1.165) is 37.1 Å². The zero-order chi connectivity index (χ0) is 20.2. The number of aryl methyl sites for hydroxylation is 1. The highest BCUT2D eigenvalue weighted by Gasteiger charge is 2.06. The predicted molar refractivity (Wildman–Crippen MR) is 122 cm³/mol. The molecule has 4 aromatic rings. The van der Waals surface area contributed by atoms with E-state index in [2.05, 4.69) is 56.8 Å². The number of ether oxygens (including phenoxy) is 1. The summed E-state index contributed by atoms with van der Waals surface area (Å²) >= 11 is 3.45. The second-order valence-corrected chi connectivity index (χ2v) is 7.58. The molecule has 0 fully saturated rings. The summed E-state index contributed by atoms with van der Waals surface area (Å²) in [7, 11) is 0. The number of amides is 1. The molecule has 0 aliphatic heterocycles. The Morgan fingerprint density at radius 3 is 2.31 bits per heavy atom. The van der Waals surface area contributed by atoms with E-state index in [9.17, 15) is 4.79 Å². The van der Waals surface area contributed by atoms with Gasteiger partial charge in [-0.25, -0.2) is 5.43 Å². The van der Waals surface area contributed by atoms with Gasteiger partial charge in [0.05, 0.1) is 6.21 Å². The molecular formula is C24H19BrN2O2. The summed E-state index contributed by atoms with van der Waals surface area (Å²) in [5.74, 6) is 0.330. The Labute approximate surface area is 177 Å². The number of hydrogen-bond donors (Lipinski definition) is 1. The van der Waals surface area contributed by atoms with E-state index in [0.29, 0.717) is 5.75 Å². The summed E-state index contributed by atoms with van der Waals surface area (Å²) in [6, 6.07) is 24.1. The minimum absolute atomic E-state index is 0.102. The molecule has 1 amide bonds. The first-order valence-electron chi connectivity index (χ1n) is 9.23. The van der Waals surface area contributed by atoms with Crippen LogP contribution in [-0.2, 0) is 4.79 Å². The van der Waals surface area contributed by atoms with Gasteiger partial charge in [0, 0.05) is 10.0 Å². The minimum Gasteiger partial charge on any atom is -0.484 e. The van der Waals surface area contributed by atoms with Crippen molar-refractivity contribution >= 4 is 49.6 Å². The number of fused-ring (bicyclic) bond motifs is 2. The molecule has 0 radical (unpaired) electrons. The molecule has 0 aliphatic carbocycles. The predicted octanol–water partition coefficient (Wildman–Crippen LogP) is 5.59. The van der Waals surface area contributed by atoms with Gasteiger partial charge in [-0.15, -0.1) is 0 Å². The van der Waals surface area contributed by atoms with Crippen LogP contribution in [0.3, 0.4) is 0 Å². The fraction of sp³-hybridized carbons (Fsp3) is 0.0833. The standard InChI is InChI=1S/C24H19BrN2O2/c1-16-12-19(10-11-23(16)25)29-15-24(28)27-26-14-22-20-8-4-2-6-17(20)13-18-7-3-5-9-21(18)22/h2-14H,15H2,1H3,(H,27,28)/b26-14+. The summed E-state index contributed by atoms with van der Waals surface area (Å²) in [5.41, 5.74) is 4.57. The molecular weight excluding hydrogens is 428 g/mol. The summed E-state index contributed by atoms with van der Waals surface area (Å²) in [5, 5.41) is 8.62. The first-order chi connectivity index (χ1) is 14.1. The molecule has 4 rings (SSSR count). The Kier molecular flexibility index (Phi) is 5.58. The lowest BCUT2D eigenvalue weighted by molar-refractivity contribution is -0.123. The van der Waals surface area contributed by atoms with Crippen LogP contribution in [0.1, 0.15) is 11.1 Å². The molecule has 0 bridgehead atoms. The number of nitrogens with one attached hydrogen (secondary N) is 1. The Bertz CT molecular complexity index is 1180. The van der Waals surface area contributed by atoms with E-state index < -0.39 is 0 Å². The van der Waals surface area contributed by atoms with Crippen LogP contribution in [0.4, 0.5) is 0 Å². The zero-order valence-electron chi connectivity index (χ0n) is 15.9. The van der Waals surface area contributed by atoms with Crippen LogP contribution in [0, 0.1) is 6.92 Å². The maximum Gasteiger partial charge on any atom is 0.277 e. The number of carbonyl (C=O) groups excluding carboxylic acids is 1. The van der Waals surface area contributed by atoms with Gasteiger partial charge in [-0.05, 0) is 58.3 Å². The molecule has 0 atom stereocenters. The van der Waals surface area contributed by atoms with E-state index in [1.165, 1.54) is 0 Å². The van der Waals surface area contributed by atoms with Crippen LogP contribution < -0.4 is 10.2 Å². The molecule has 0 spiro atoms. The van der Waals surface area contributed by atoms with Crippen molar-refractivity contribution in [1.29, 1.82) is 0 Å². The van der Waals surface area contributed by atoms with Crippen molar-refractivity contribution in [1.82, 2.24) is 5.43 Å². The third-order valence-electron chi connectivity index (χ3n) is 4.70. The van der Waals surface area contributed by atoms with E-state index in [-0.39, 0.29) is 12.5 Å². The number of hydrogen-bond acceptors (Lipinski definition) is 3. The third-order valence-corrected chi connectivity index (χ3v) is 5.58. The summed E-state index contributed by atoms with van der Waals surface area (Å²) < 4.78 is 6.54. The highest BCUT2D eigenvalue weighted by molar-refractivity contribution is 9.10. The van der Waals surface area contributed by atoms with Crippen molar-refractivity contribution in [3.63, 3.8) is 0 Å². The highest BCUT2D eigenvalue weighted by atomic mass is 79.9. The van der Waals surface area contributed by atoms with E-state index in [1.54, 1.807) is 6.21 Å². The fourth-order valence-electron chi connectivity index (χ4n) is 3.24. The van der Waals surface area contributed by atoms with Crippen LogP contribution in [0.15, 0.2) is 82.4 Å². The maximum absolute atomic E-state index is 12.1. The van der Waals surface area contributed by atoms with Gasteiger partial charge in [0.1, 0.15) is 5.75 Å². The van der Waals surface area contributed by atoms with Crippen molar-refractivity contribution in [2.75, 3.05) is 6.61 Å². The molecule has 144 valence electrons. The number of carbonyl (C=O) groups is 1. The molecule has 0 aromatic heterocycles. The Hall–Kier alpha value is -3.18. The number of benzene rings is 4. The largest absolute Gasteiger partial charge is 0.484 e. The Balaban J connectivity index is 1.50. The zero-order valence-corrected chi connectivity index (χ0v) is 17.4. The van der Waals surface area contributed by atoms with E-state index in [1.807, 2.05) is 49.4 Å². The second-order valence-electron chi connectivity index (χ2n) is 6.73.